The van der Waals surface area contributed by atoms with Crippen LogP contribution in [-0.2, 0) is 9.53 Å². The van der Waals surface area contributed by atoms with Crippen LogP contribution in [0.1, 0.15) is 13.8 Å². The number of aliphatic hydroxyl groups excluding tert-OH is 1. The lowest BCUT2D eigenvalue weighted by molar-refractivity contribution is -0.118. The quantitative estimate of drug-likeness (QED) is 0.835. The average Bonchev–Trinajstić information content (AvgIpc) is 2.89. The summed E-state index contributed by atoms with van der Waals surface area (Å²) in [6.07, 6.45) is -1.13. The Morgan fingerprint density at radius 2 is 2.19 bits per heavy atom. The number of anilines is 2. The second kappa shape index (κ2) is 6.40. The van der Waals surface area contributed by atoms with Crippen molar-refractivity contribution < 1.29 is 24.2 Å². The fraction of sp³-hybridized carbons (Fsp3) is 0.462. The van der Waals surface area contributed by atoms with Gasteiger partial charge in [-0.25, -0.2) is 9.78 Å². The van der Waals surface area contributed by atoms with Crippen molar-refractivity contribution in [2.24, 2.45) is 0 Å². The summed E-state index contributed by atoms with van der Waals surface area (Å²) >= 11 is 0. The van der Waals surface area contributed by atoms with Gasteiger partial charge in [0.1, 0.15) is 11.9 Å². The molecule has 1 atom stereocenters. The lowest BCUT2D eigenvalue weighted by Gasteiger charge is -2.19. The maximum atomic E-state index is 11.6. The van der Waals surface area contributed by atoms with Crippen LogP contribution < -0.4 is 15.0 Å². The van der Waals surface area contributed by atoms with Gasteiger partial charge in [0.25, 0.3) is 5.91 Å². The van der Waals surface area contributed by atoms with Crippen molar-refractivity contribution in [3.63, 3.8) is 0 Å². The third-order valence-electron chi connectivity index (χ3n) is 2.81. The smallest absolute Gasteiger partial charge is 0.416 e. The van der Waals surface area contributed by atoms with Crippen molar-refractivity contribution in [3.8, 4) is 5.75 Å². The molecule has 1 saturated heterocycles. The van der Waals surface area contributed by atoms with E-state index in [1.807, 2.05) is 13.8 Å². The van der Waals surface area contributed by atoms with Gasteiger partial charge in [0.05, 0.1) is 13.2 Å². The number of carbonyl (C=O) groups is 2. The Hall–Kier alpha value is -2.35. The number of hydrogen-bond acceptors (Lipinski definition) is 6. The van der Waals surface area contributed by atoms with E-state index in [2.05, 4.69) is 10.3 Å². The first-order valence-electron chi connectivity index (χ1n) is 6.70. The third-order valence-corrected chi connectivity index (χ3v) is 2.81. The van der Waals surface area contributed by atoms with Crippen molar-refractivity contribution >= 4 is 23.6 Å². The van der Waals surface area contributed by atoms with Gasteiger partial charge in [-0.15, -0.1) is 0 Å². The Morgan fingerprint density at radius 3 is 2.86 bits per heavy atom. The number of nitrogens with one attached hydrogen (secondary N) is 1. The molecule has 0 saturated carbocycles. The number of nitrogens with zero attached hydrogens (tertiary/aromatic N) is 2. The van der Waals surface area contributed by atoms with E-state index in [4.69, 9.17) is 14.6 Å². The number of fused-ring (bicyclic) bond motifs is 1. The molecule has 21 heavy (non-hydrogen) atoms. The molecular formula is C13H17N3O5. The first-order valence-corrected chi connectivity index (χ1v) is 6.70. The number of amides is 2. The second-order valence-corrected chi connectivity index (χ2v) is 4.15. The van der Waals surface area contributed by atoms with Gasteiger partial charge in [-0.2, -0.15) is 0 Å². The van der Waals surface area contributed by atoms with Crippen molar-refractivity contribution in [2.45, 2.75) is 20.0 Å². The summed E-state index contributed by atoms with van der Waals surface area (Å²) in [4.78, 5) is 28.3. The normalized spacial score (nSPS) is 19.8. The summed E-state index contributed by atoms with van der Waals surface area (Å²) in [5, 5.41) is 11.5. The Kier molecular flexibility index (Phi) is 4.59. The van der Waals surface area contributed by atoms with Gasteiger partial charge in [-0.05, 0) is 12.1 Å². The Labute approximate surface area is 121 Å². The molecule has 0 aromatic carbocycles. The van der Waals surface area contributed by atoms with Crippen molar-refractivity contribution in [3.05, 3.63) is 12.1 Å². The zero-order chi connectivity index (χ0) is 15.4. The number of rotatable bonds is 2. The molecule has 8 nitrogen and oxygen atoms in total. The lowest BCUT2D eigenvalue weighted by Crippen LogP contribution is -2.29. The van der Waals surface area contributed by atoms with Gasteiger partial charge in [-0.3, -0.25) is 9.69 Å². The molecule has 3 rings (SSSR count). The average molecular weight is 295 g/mol. The van der Waals surface area contributed by atoms with Crippen molar-refractivity contribution in [1.82, 2.24) is 4.98 Å². The fourth-order valence-corrected chi connectivity index (χ4v) is 1.91. The summed E-state index contributed by atoms with van der Waals surface area (Å²) in [6.45, 7) is 3.93. The van der Waals surface area contributed by atoms with Gasteiger partial charge < -0.3 is 19.9 Å². The first-order chi connectivity index (χ1) is 10.2. The zero-order valence-electron chi connectivity index (χ0n) is 11.8. The third kappa shape index (κ3) is 3.05. The molecule has 2 amide bonds. The first kappa shape index (κ1) is 15.0. The Bertz CT molecular complexity index is 549. The summed E-state index contributed by atoms with van der Waals surface area (Å²) in [5.41, 5.74) is 0. The molecule has 114 valence electrons. The van der Waals surface area contributed by atoms with E-state index in [0.717, 1.165) is 0 Å². The maximum Gasteiger partial charge on any atom is 0.416 e. The molecule has 1 aromatic heterocycles. The van der Waals surface area contributed by atoms with Gasteiger partial charge in [0.15, 0.2) is 18.2 Å². The largest absolute Gasteiger partial charge is 0.480 e. The van der Waals surface area contributed by atoms with Gasteiger partial charge in [-0.1, -0.05) is 13.8 Å². The number of cyclic esters (lactones) is 1. The number of aromatic nitrogens is 1. The SMILES string of the molecule is CC.O=C1COc2ccc(N3CC(CO)OC3=O)nc2N1. The minimum absolute atomic E-state index is 0.0492. The van der Waals surface area contributed by atoms with Crippen LogP contribution in [0.3, 0.4) is 0 Å². The van der Waals surface area contributed by atoms with Crippen LogP contribution in [-0.4, -0.2) is 48.0 Å². The number of pyridine rings is 1. The van der Waals surface area contributed by atoms with Crippen LogP contribution >= 0.6 is 0 Å². The predicted octanol–water partition coefficient (Wildman–Crippen LogP) is 0.756. The molecular weight excluding hydrogens is 278 g/mol. The topological polar surface area (TPSA) is 101 Å². The highest BCUT2D eigenvalue weighted by Crippen LogP contribution is 2.29. The molecule has 2 aliphatic rings. The highest BCUT2D eigenvalue weighted by molar-refractivity contribution is 5.95. The van der Waals surface area contributed by atoms with Crippen LogP contribution in [0.25, 0.3) is 0 Å². The van der Waals surface area contributed by atoms with Gasteiger partial charge in [0, 0.05) is 0 Å². The van der Waals surface area contributed by atoms with Gasteiger partial charge >= 0.3 is 6.09 Å². The van der Waals surface area contributed by atoms with Crippen LogP contribution in [0.5, 0.6) is 5.75 Å². The Morgan fingerprint density at radius 1 is 1.43 bits per heavy atom. The summed E-state index contributed by atoms with van der Waals surface area (Å²) in [6, 6.07) is 3.22. The van der Waals surface area contributed by atoms with Crippen molar-refractivity contribution in [1.29, 1.82) is 0 Å². The summed E-state index contributed by atoms with van der Waals surface area (Å²) < 4.78 is 10.1. The minimum Gasteiger partial charge on any atom is -0.480 e. The molecule has 3 heterocycles. The van der Waals surface area contributed by atoms with Crippen LogP contribution in [0.2, 0.25) is 0 Å². The molecule has 0 spiro atoms. The second-order valence-electron chi connectivity index (χ2n) is 4.15. The van der Waals surface area contributed by atoms with Crippen molar-refractivity contribution in [2.75, 3.05) is 30.0 Å². The molecule has 1 aromatic rings. The maximum absolute atomic E-state index is 11.6. The van der Waals surface area contributed by atoms with E-state index < -0.39 is 12.2 Å². The highest BCUT2D eigenvalue weighted by atomic mass is 16.6. The monoisotopic (exact) mass is 295 g/mol. The van der Waals surface area contributed by atoms with E-state index in [1.54, 1.807) is 12.1 Å². The molecule has 0 radical (unpaired) electrons. The van der Waals surface area contributed by atoms with E-state index >= 15 is 0 Å². The lowest BCUT2D eigenvalue weighted by atomic mass is 10.3. The Balaban J connectivity index is 0.000000774. The molecule has 0 bridgehead atoms. The van der Waals surface area contributed by atoms with Crippen LogP contribution in [0.4, 0.5) is 16.4 Å². The van der Waals surface area contributed by atoms with E-state index in [0.29, 0.717) is 11.6 Å². The molecule has 0 aliphatic carbocycles. The highest BCUT2D eigenvalue weighted by Gasteiger charge is 2.33. The van der Waals surface area contributed by atoms with Gasteiger partial charge in [0.2, 0.25) is 0 Å². The number of carbonyl (C=O) groups excluding carboxylic acids is 2. The van der Waals surface area contributed by atoms with E-state index in [-0.39, 0.29) is 31.5 Å². The summed E-state index contributed by atoms with van der Waals surface area (Å²) in [7, 11) is 0. The predicted molar refractivity (Wildman–Crippen MR) is 74.4 cm³/mol. The number of aliphatic hydroxyl groups is 1. The van der Waals surface area contributed by atoms with E-state index in [9.17, 15) is 9.59 Å². The van der Waals surface area contributed by atoms with E-state index in [1.165, 1.54) is 4.90 Å². The summed E-state index contributed by atoms with van der Waals surface area (Å²) in [5.74, 6) is 0.767. The standard InChI is InChI=1S/C11H11N3O5.C2H6/c15-4-6-3-14(11(17)19-6)8-2-1-7-10(12-8)13-9(16)5-18-7;1-2/h1-2,6,15H,3-5H2,(H,12,13,16);1-2H3. The van der Waals surface area contributed by atoms with Crippen LogP contribution in [0.15, 0.2) is 12.1 Å². The molecule has 1 fully saturated rings. The number of hydrogen-bond donors (Lipinski definition) is 2. The minimum atomic E-state index is -0.574. The molecule has 2 N–H and O–H groups in total. The molecule has 1 unspecified atom stereocenters. The zero-order valence-corrected chi connectivity index (χ0v) is 11.8. The molecule has 2 aliphatic heterocycles. The van der Waals surface area contributed by atoms with Crippen LogP contribution in [0, 0.1) is 0 Å². The molecule has 8 heteroatoms. The number of ether oxygens (including phenoxy) is 2. The fourth-order valence-electron chi connectivity index (χ4n) is 1.91.